The van der Waals surface area contributed by atoms with Crippen LogP contribution in [0.25, 0.3) is 0 Å². The highest BCUT2D eigenvalue weighted by atomic mass is 79.9. The van der Waals surface area contributed by atoms with Gasteiger partial charge in [-0.3, -0.25) is 9.52 Å². The Morgan fingerprint density at radius 1 is 1.07 bits per heavy atom. The van der Waals surface area contributed by atoms with E-state index in [0.29, 0.717) is 5.75 Å². The van der Waals surface area contributed by atoms with Crippen molar-refractivity contribution in [3.8, 4) is 5.75 Å². The standard InChI is InChI=1S/C21H18BrFN2O4S/c1-29-20-10-5-16(22)11-15(20)13-24-21(26)14-3-2-4-19(12-14)30(27,28)25-18-8-6-17(23)7-9-18/h2-12,25H,13H2,1H3,(H,24,26). The highest BCUT2D eigenvalue weighted by molar-refractivity contribution is 9.10. The SMILES string of the molecule is COc1ccc(Br)cc1CNC(=O)c1cccc(S(=O)(=O)Nc2ccc(F)cc2)c1. The topological polar surface area (TPSA) is 84.5 Å². The van der Waals surface area contributed by atoms with E-state index in [1.165, 1.54) is 43.5 Å². The van der Waals surface area contributed by atoms with Crippen molar-refractivity contribution in [2.45, 2.75) is 11.4 Å². The van der Waals surface area contributed by atoms with Gasteiger partial charge in [-0.15, -0.1) is 0 Å². The Kier molecular flexibility index (Phi) is 6.73. The van der Waals surface area contributed by atoms with E-state index >= 15 is 0 Å². The van der Waals surface area contributed by atoms with E-state index in [2.05, 4.69) is 26.0 Å². The van der Waals surface area contributed by atoms with Crippen molar-refractivity contribution in [1.29, 1.82) is 0 Å². The molecule has 0 radical (unpaired) electrons. The molecule has 0 spiro atoms. The fraction of sp³-hybridized carbons (Fsp3) is 0.0952. The second kappa shape index (κ2) is 9.27. The Hall–Kier alpha value is -2.91. The first-order chi connectivity index (χ1) is 14.3. The monoisotopic (exact) mass is 492 g/mol. The Bertz CT molecular complexity index is 1170. The lowest BCUT2D eigenvalue weighted by Crippen LogP contribution is -2.23. The van der Waals surface area contributed by atoms with Gasteiger partial charge in [0.2, 0.25) is 0 Å². The molecule has 3 aromatic carbocycles. The summed E-state index contributed by atoms with van der Waals surface area (Å²) in [5.41, 5.74) is 1.17. The van der Waals surface area contributed by atoms with E-state index in [0.717, 1.165) is 22.2 Å². The number of halogens is 2. The molecule has 0 fully saturated rings. The van der Waals surface area contributed by atoms with E-state index in [1.807, 2.05) is 12.1 Å². The molecule has 0 aromatic heterocycles. The van der Waals surface area contributed by atoms with E-state index in [1.54, 1.807) is 6.07 Å². The summed E-state index contributed by atoms with van der Waals surface area (Å²) in [5, 5.41) is 2.76. The second-order valence-electron chi connectivity index (χ2n) is 6.28. The lowest BCUT2D eigenvalue weighted by molar-refractivity contribution is 0.0950. The van der Waals surface area contributed by atoms with Crippen LogP contribution in [0.15, 0.2) is 76.1 Å². The zero-order valence-corrected chi connectivity index (χ0v) is 18.3. The average molecular weight is 493 g/mol. The Morgan fingerprint density at radius 2 is 1.80 bits per heavy atom. The number of sulfonamides is 1. The molecular weight excluding hydrogens is 475 g/mol. The molecule has 156 valence electrons. The van der Waals surface area contributed by atoms with Crippen molar-refractivity contribution in [3.05, 3.63) is 88.1 Å². The fourth-order valence-electron chi connectivity index (χ4n) is 2.70. The normalized spacial score (nSPS) is 11.0. The number of anilines is 1. The summed E-state index contributed by atoms with van der Waals surface area (Å²) < 4.78 is 46.7. The summed E-state index contributed by atoms with van der Waals surface area (Å²) in [6.07, 6.45) is 0. The number of hydrogen-bond acceptors (Lipinski definition) is 4. The number of amides is 1. The third kappa shape index (κ3) is 5.37. The molecule has 2 N–H and O–H groups in total. The molecule has 30 heavy (non-hydrogen) atoms. The molecule has 6 nitrogen and oxygen atoms in total. The van der Waals surface area contributed by atoms with E-state index in [-0.39, 0.29) is 22.7 Å². The van der Waals surface area contributed by atoms with Crippen LogP contribution >= 0.6 is 15.9 Å². The van der Waals surface area contributed by atoms with Crippen LogP contribution in [0.5, 0.6) is 5.75 Å². The highest BCUT2D eigenvalue weighted by Gasteiger charge is 2.17. The van der Waals surface area contributed by atoms with Crippen LogP contribution in [-0.2, 0) is 16.6 Å². The number of benzene rings is 3. The van der Waals surface area contributed by atoms with Crippen LogP contribution in [0.4, 0.5) is 10.1 Å². The first-order valence-electron chi connectivity index (χ1n) is 8.77. The van der Waals surface area contributed by atoms with Gasteiger partial charge in [0.05, 0.1) is 12.0 Å². The Balaban J connectivity index is 1.75. The van der Waals surface area contributed by atoms with Gasteiger partial charge in [-0.2, -0.15) is 0 Å². The minimum atomic E-state index is -3.94. The number of methoxy groups -OCH3 is 1. The summed E-state index contributed by atoms with van der Waals surface area (Å²) in [4.78, 5) is 12.5. The molecule has 3 rings (SSSR count). The summed E-state index contributed by atoms with van der Waals surface area (Å²) in [5.74, 6) is -0.284. The number of carbonyl (C=O) groups excluding carboxylic acids is 1. The van der Waals surface area contributed by atoms with Crippen LogP contribution in [-0.4, -0.2) is 21.4 Å². The first kappa shape index (κ1) is 21.8. The Morgan fingerprint density at radius 3 is 2.50 bits per heavy atom. The summed E-state index contributed by atoms with van der Waals surface area (Å²) in [6.45, 7) is 0.201. The predicted octanol–water partition coefficient (Wildman–Crippen LogP) is 4.33. The summed E-state index contributed by atoms with van der Waals surface area (Å²) >= 11 is 3.38. The number of ether oxygens (including phenoxy) is 1. The first-order valence-corrected chi connectivity index (χ1v) is 11.1. The van der Waals surface area contributed by atoms with E-state index < -0.39 is 21.7 Å². The van der Waals surface area contributed by atoms with E-state index in [4.69, 9.17) is 4.74 Å². The van der Waals surface area contributed by atoms with Gasteiger partial charge < -0.3 is 10.1 Å². The molecule has 0 saturated heterocycles. The molecular formula is C21H18BrFN2O4S. The van der Waals surface area contributed by atoms with Crippen LogP contribution in [0.3, 0.4) is 0 Å². The molecule has 0 atom stereocenters. The molecule has 1 amide bonds. The van der Waals surface area contributed by atoms with Crippen molar-refractivity contribution in [1.82, 2.24) is 5.32 Å². The quantitative estimate of drug-likeness (QED) is 0.514. The van der Waals surface area contributed by atoms with Crippen molar-refractivity contribution in [3.63, 3.8) is 0 Å². The van der Waals surface area contributed by atoms with Crippen LogP contribution < -0.4 is 14.8 Å². The zero-order chi connectivity index (χ0) is 21.7. The van der Waals surface area contributed by atoms with Gasteiger partial charge in [-0.05, 0) is 60.7 Å². The minimum Gasteiger partial charge on any atom is -0.496 e. The van der Waals surface area contributed by atoms with Crippen molar-refractivity contribution >= 4 is 37.5 Å². The zero-order valence-electron chi connectivity index (χ0n) is 15.9. The fourth-order valence-corrected chi connectivity index (χ4v) is 4.21. The summed E-state index contributed by atoms with van der Waals surface area (Å²) in [6, 6.07) is 16.0. The lowest BCUT2D eigenvalue weighted by Gasteiger charge is -2.12. The van der Waals surface area contributed by atoms with Gasteiger partial charge in [-0.1, -0.05) is 22.0 Å². The molecule has 0 aliphatic heterocycles. The number of rotatable bonds is 7. The largest absolute Gasteiger partial charge is 0.496 e. The van der Waals surface area contributed by atoms with Crippen LogP contribution in [0.2, 0.25) is 0 Å². The molecule has 0 bridgehead atoms. The Labute approximate surface area is 182 Å². The minimum absolute atomic E-state index is 0.0838. The van der Waals surface area contributed by atoms with Gasteiger partial charge in [0, 0.05) is 27.8 Å². The average Bonchev–Trinajstić information content (AvgIpc) is 2.73. The molecule has 0 aliphatic rings. The highest BCUT2D eigenvalue weighted by Crippen LogP contribution is 2.23. The third-order valence-corrected chi connectivity index (χ3v) is 6.06. The maximum atomic E-state index is 13.0. The number of hydrogen-bond donors (Lipinski definition) is 2. The molecule has 0 unspecified atom stereocenters. The van der Waals surface area contributed by atoms with Crippen molar-refractivity contribution in [2.24, 2.45) is 0 Å². The van der Waals surface area contributed by atoms with Crippen molar-refractivity contribution < 1.29 is 22.3 Å². The van der Waals surface area contributed by atoms with Crippen LogP contribution in [0, 0.1) is 5.82 Å². The lowest BCUT2D eigenvalue weighted by atomic mass is 10.1. The molecule has 0 saturated carbocycles. The number of carbonyl (C=O) groups is 1. The second-order valence-corrected chi connectivity index (χ2v) is 8.88. The van der Waals surface area contributed by atoms with Gasteiger partial charge in [0.1, 0.15) is 11.6 Å². The predicted molar refractivity (Wildman–Crippen MR) is 116 cm³/mol. The van der Waals surface area contributed by atoms with Gasteiger partial charge in [0.15, 0.2) is 0 Å². The molecule has 9 heteroatoms. The van der Waals surface area contributed by atoms with Gasteiger partial charge in [-0.25, -0.2) is 12.8 Å². The maximum Gasteiger partial charge on any atom is 0.261 e. The van der Waals surface area contributed by atoms with E-state index in [9.17, 15) is 17.6 Å². The molecule has 3 aromatic rings. The third-order valence-electron chi connectivity index (χ3n) is 4.18. The molecule has 0 aliphatic carbocycles. The van der Waals surface area contributed by atoms with Gasteiger partial charge in [0.25, 0.3) is 15.9 Å². The van der Waals surface area contributed by atoms with Crippen molar-refractivity contribution in [2.75, 3.05) is 11.8 Å². The smallest absolute Gasteiger partial charge is 0.261 e. The maximum absolute atomic E-state index is 13.0. The molecule has 0 heterocycles. The number of nitrogens with one attached hydrogen (secondary N) is 2. The summed E-state index contributed by atoms with van der Waals surface area (Å²) in [7, 11) is -2.41. The van der Waals surface area contributed by atoms with Crippen LogP contribution in [0.1, 0.15) is 15.9 Å². The van der Waals surface area contributed by atoms with Gasteiger partial charge >= 0.3 is 0 Å².